The van der Waals surface area contributed by atoms with E-state index in [2.05, 4.69) is 4.72 Å². The number of benzene rings is 1. The highest BCUT2D eigenvalue weighted by Crippen LogP contribution is 2.35. The van der Waals surface area contributed by atoms with Crippen LogP contribution in [0, 0.1) is 18.7 Å². The predicted octanol–water partition coefficient (Wildman–Crippen LogP) is 2.52. The molecule has 1 aromatic carbocycles. The maximum Gasteiger partial charge on any atom is 0.301 e. The van der Waals surface area contributed by atoms with Crippen molar-refractivity contribution >= 4 is 15.9 Å². The third-order valence-electron chi connectivity index (χ3n) is 3.70. The van der Waals surface area contributed by atoms with Gasteiger partial charge in [0.2, 0.25) is 0 Å². The minimum atomic E-state index is -3.64. The number of hydrogen-bond donors (Lipinski definition) is 1. The number of aryl methyl sites for hydroxylation is 1. The zero-order valence-corrected chi connectivity index (χ0v) is 12.2. The van der Waals surface area contributed by atoms with Gasteiger partial charge in [-0.2, -0.15) is 12.7 Å². The molecule has 0 saturated heterocycles. The summed E-state index contributed by atoms with van der Waals surface area (Å²) in [5.41, 5.74) is 0.979. The Morgan fingerprint density at radius 2 is 2.05 bits per heavy atom. The van der Waals surface area contributed by atoms with E-state index in [0.29, 0.717) is 11.5 Å². The van der Waals surface area contributed by atoms with Crippen molar-refractivity contribution in [3.8, 4) is 0 Å². The molecule has 1 aromatic rings. The molecule has 0 aromatic heterocycles. The molecule has 0 bridgehead atoms. The lowest BCUT2D eigenvalue weighted by Crippen LogP contribution is -2.40. The monoisotopic (exact) mass is 286 g/mol. The van der Waals surface area contributed by atoms with Crippen LogP contribution in [0.3, 0.4) is 0 Å². The molecule has 1 saturated carbocycles. The fourth-order valence-electron chi connectivity index (χ4n) is 2.01. The smallest absolute Gasteiger partial charge is 0.271 e. The molecule has 19 heavy (non-hydrogen) atoms. The number of nitrogens with zero attached hydrogens (tertiary/aromatic N) is 1. The average Bonchev–Trinajstić information content (AvgIpc) is 3.15. The van der Waals surface area contributed by atoms with E-state index in [9.17, 15) is 12.8 Å². The van der Waals surface area contributed by atoms with Gasteiger partial charge in [0.25, 0.3) is 0 Å². The van der Waals surface area contributed by atoms with Gasteiger partial charge >= 0.3 is 10.2 Å². The lowest BCUT2D eigenvalue weighted by atomic mass is 10.2. The molecule has 1 N–H and O–H groups in total. The first-order valence-electron chi connectivity index (χ1n) is 6.33. The number of rotatable bonds is 5. The molecule has 1 atom stereocenters. The van der Waals surface area contributed by atoms with Gasteiger partial charge in [-0.25, -0.2) is 4.39 Å². The average molecular weight is 286 g/mol. The first kappa shape index (κ1) is 14.3. The van der Waals surface area contributed by atoms with Crippen LogP contribution in [0.4, 0.5) is 10.1 Å². The van der Waals surface area contributed by atoms with E-state index in [1.807, 2.05) is 6.92 Å². The highest BCUT2D eigenvalue weighted by atomic mass is 32.2. The van der Waals surface area contributed by atoms with Crippen molar-refractivity contribution in [1.82, 2.24) is 4.31 Å². The van der Waals surface area contributed by atoms with Crippen LogP contribution in [0.15, 0.2) is 18.2 Å². The van der Waals surface area contributed by atoms with Crippen molar-refractivity contribution in [3.05, 3.63) is 29.6 Å². The van der Waals surface area contributed by atoms with Gasteiger partial charge in [0, 0.05) is 13.1 Å². The summed E-state index contributed by atoms with van der Waals surface area (Å²) in [5, 5.41) is 0. The summed E-state index contributed by atoms with van der Waals surface area (Å²) < 4.78 is 41.4. The first-order chi connectivity index (χ1) is 8.81. The molecule has 106 valence electrons. The molecule has 0 aliphatic heterocycles. The molecule has 1 aliphatic carbocycles. The quantitative estimate of drug-likeness (QED) is 0.904. The van der Waals surface area contributed by atoms with Crippen LogP contribution in [0.1, 0.15) is 25.3 Å². The SMILES string of the molecule is Cc1ccc(F)cc1NS(=O)(=O)N(C)[C@H](C)C1CC1. The second kappa shape index (κ2) is 5.09. The van der Waals surface area contributed by atoms with E-state index in [1.165, 1.54) is 16.4 Å². The topological polar surface area (TPSA) is 49.4 Å². The fourth-order valence-corrected chi connectivity index (χ4v) is 3.26. The molecular weight excluding hydrogens is 267 g/mol. The maximum atomic E-state index is 13.2. The van der Waals surface area contributed by atoms with Gasteiger partial charge in [0.15, 0.2) is 0 Å². The van der Waals surface area contributed by atoms with Gasteiger partial charge in [-0.3, -0.25) is 4.72 Å². The summed E-state index contributed by atoms with van der Waals surface area (Å²) in [6.07, 6.45) is 2.14. The van der Waals surface area contributed by atoms with E-state index in [-0.39, 0.29) is 11.7 Å². The standard InChI is InChI=1S/C13H19FN2O2S/c1-9-4-7-12(14)8-13(9)15-19(17,18)16(3)10(2)11-5-6-11/h4,7-8,10-11,15H,5-6H2,1-3H3/t10-/m1/s1. The Labute approximate surface area is 113 Å². The summed E-state index contributed by atoms with van der Waals surface area (Å²) in [6.45, 7) is 3.64. The van der Waals surface area contributed by atoms with Crippen LogP contribution in [-0.2, 0) is 10.2 Å². The van der Waals surface area contributed by atoms with Crippen molar-refractivity contribution < 1.29 is 12.8 Å². The highest BCUT2D eigenvalue weighted by Gasteiger charge is 2.35. The number of halogens is 1. The Bertz CT molecular complexity index is 570. The van der Waals surface area contributed by atoms with Gasteiger partial charge in [-0.05, 0) is 50.3 Å². The Hall–Kier alpha value is -1.14. The zero-order chi connectivity index (χ0) is 14.2. The Kier molecular flexibility index (Phi) is 3.82. The van der Waals surface area contributed by atoms with Gasteiger partial charge in [0.05, 0.1) is 5.69 Å². The summed E-state index contributed by atoms with van der Waals surface area (Å²) in [7, 11) is -2.08. The lowest BCUT2D eigenvalue weighted by Gasteiger charge is -2.25. The molecular formula is C13H19FN2O2S. The second-order valence-electron chi connectivity index (χ2n) is 5.16. The van der Waals surface area contributed by atoms with Crippen LogP contribution in [0.2, 0.25) is 0 Å². The van der Waals surface area contributed by atoms with E-state index >= 15 is 0 Å². The highest BCUT2D eigenvalue weighted by molar-refractivity contribution is 7.90. The molecule has 0 spiro atoms. The van der Waals surface area contributed by atoms with Gasteiger partial charge < -0.3 is 0 Å². The van der Waals surface area contributed by atoms with Gasteiger partial charge in [-0.1, -0.05) is 6.07 Å². The summed E-state index contributed by atoms with van der Waals surface area (Å²) in [5.74, 6) is -0.0172. The summed E-state index contributed by atoms with van der Waals surface area (Å²) in [6, 6.07) is 4.02. The molecule has 0 radical (unpaired) electrons. The molecule has 1 aliphatic rings. The number of nitrogens with one attached hydrogen (secondary N) is 1. The molecule has 0 amide bonds. The first-order valence-corrected chi connectivity index (χ1v) is 7.77. The van der Waals surface area contributed by atoms with E-state index < -0.39 is 16.0 Å². The molecule has 2 rings (SSSR count). The van der Waals surface area contributed by atoms with E-state index in [1.54, 1.807) is 20.0 Å². The van der Waals surface area contributed by atoms with Crippen LogP contribution in [0.25, 0.3) is 0 Å². The summed E-state index contributed by atoms with van der Waals surface area (Å²) in [4.78, 5) is 0. The second-order valence-corrected chi connectivity index (χ2v) is 6.89. The maximum absolute atomic E-state index is 13.2. The fraction of sp³-hybridized carbons (Fsp3) is 0.538. The minimum Gasteiger partial charge on any atom is -0.271 e. The normalized spacial score (nSPS) is 17.5. The van der Waals surface area contributed by atoms with Crippen LogP contribution < -0.4 is 4.72 Å². The Morgan fingerprint density at radius 1 is 1.42 bits per heavy atom. The van der Waals surface area contributed by atoms with Crippen LogP contribution >= 0.6 is 0 Å². The third kappa shape index (κ3) is 3.25. The minimum absolute atomic E-state index is 0.0358. The Morgan fingerprint density at radius 3 is 2.63 bits per heavy atom. The van der Waals surface area contributed by atoms with E-state index in [4.69, 9.17) is 0 Å². The van der Waals surface area contributed by atoms with Crippen molar-refractivity contribution in [2.45, 2.75) is 32.7 Å². The molecule has 4 nitrogen and oxygen atoms in total. The van der Waals surface area contributed by atoms with Crippen LogP contribution in [0.5, 0.6) is 0 Å². The van der Waals surface area contributed by atoms with Crippen LogP contribution in [-0.4, -0.2) is 25.8 Å². The molecule has 0 unspecified atom stereocenters. The van der Waals surface area contributed by atoms with Crippen molar-refractivity contribution in [3.63, 3.8) is 0 Å². The number of hydrogen-bond acceptors (Lipinski definition) is 2. The molecule has 0 heterocycles. The predicted molar refractivity (Wildman–Crippen MR) is 73.6 cm³/mol. The number of anilines is 1. The lowest BCUT2D eigenvalue weighted by molar-refractivity contribution is 0.359. The van der Waals surface area contributed by atoms with Gasteiger partial charge in [-0.15, -0.1) is 0 Å². The third-order valence-corrected chi connectivity index (χ3v) is 5.26. The van der Waals surface area contributed by atoms with Gasteiger partial charge in [0.1, 0.15) is 5.82 Å². The Balaban J connectivity index is 2.18. The summed E-state index contributed by atoms with van der Waals surface area (Å²) >= 11 is 0. The molecule has 6 heteroatoms. The van der Waals surface area contributed by atoms with E-state index in [0.717, 1.165) is 12.8 Å². The van der Waals surface area contributed by atoms with Crippen molar-refractivity contribution in [1.29, 1.82) is 0 Å². The zero-order valence-electron chi connectivity index (χ0n) is 11.4. The van der Waals surface area contributed by atoms with Crippen molar-refractivity contribution in [2.75, 3.05) is 11.8 Å². The molecule has 1 fully saturated rings. The van der Waals surface area contributed by atoms with Crippen molar-refractivity contribution in [2.24, 2.45) is 5.92 Å². The largest absolute Gasteiger partial charge is 0.301 e.